The van der Waals surface area contributed by atoms with Crippen molar-refractivity contribution in [1.29, 1.82) is 0 Å². The number of aryl methyl sites for hydroxylation is 1. The quantitative estimate of drug-likeness (QED) is 0.478. The molecule has 0 fully saturated rings. The van der Waals surface area contributed by atoms with Gasteiger partial charge in [-0.1, -0.05) is 6.07 Å². The average molecular weight is 430 g/mol. The number of nitrogens with zero attached hydrogens (tertiary/aromatic N) is 4. The topological polar surface area (TPSA) is 69.5 Å². The van der Waals surface area contributed by atoms with Crippen LogP contribution < -0.4 is 14.4 Å². The molecule has 0 aliphatic carbocycles. The third kappa shape index (κ3) is 3.90. The van der Waals surface area contributed by atoms with Crippen LogP contribution in [-0.2, 0) is 7.05 Å². The Morgan fingerprint density at radius 1 is 1.09 bits per heavy atom. The van der Waals surface area contributed by atoms with Crippen LogP contribution in [0, 0.1) is 5.82 Å². The van der Waals surface area contributed by atoms with Crippen molar-refractivity contribution in [2.45, 2.75) is 0 Å². The minimum absolute atomic E-state index is 0.278. The highest BCUT2D eigenvalue weighted by molar-refractivity contribution is 6.08. The molecule has 2 aromatic heterocycles. The Morgan fingerprint density at radius 3 is 2.78 bits per heavy atom. The van der Waals surface area contributed by atoms with E-state index in [0.717, 1.165) is 11.3 Å². The zero-order chi connectivity index (χ0) is 22.1. The lowest BCUT2D eigenvalue weighted by Gasteiger charge is -2.20. The van der Waals surface area contributed by atoms with E-state index in [1.165, 1.54) is 17.0 Å². The molecule has 1 amide bonds. The van der Waals surface area contributed by atoms with Crippen LogP contribution in [0.3, 0.4) is 0 Å². The van der Waals surface area contributed by atoms with E-state index >= 15 is 0 Å². The highest BCUT2D eigenvalue weighted by atomic mass is 19.1. The van der Waals surface area contributed by atoms with E-state index in [2.05, 4.69) is 10.1 Å². The van der Waals surface area contributed by atoms with Gasteiger partial charge in [0, 0.05) is 36.8 Å². The van der Waals surface area contributed by atoms with Crippen LogP contribution in [-0.4, -0.2) is 33.8 Å². The summed E-state index contributed by atoms with van der Waals surface area (Å²) in [6.07, 6.45) is 5.25. The number of amides is 1. The lowest BCUT2D eigenvalue weighted by atomic mass is 10.1. The van der Waals surface area contributed by atoms with Gasteiger partial charge in [0.05, 0.1) is 24.0 Å². The van der Waals surface area contributed by atoms with Gasteiger partial charge in [-0.3, -0.25) is 14.5 Å². The summed E-state index contributed by atoms with van der Waals surface area (Å²) in [6.45, 7) is 0.611. The molecule has 0 saturated heterocycles. The molecular weight excluding hydrogens is 411 g/mol. The van der Waals surface area contributed by atoms with Crippen molar-refractivity contribution in [2.24, 2.45) is 7.05 Å². The monoisotopic (exact) mass is 430 g/mol. The molecule has 32 heavy (non-hydrogen) atoms. The summed E-state index contributed by atoms with van der Waals surface area (Å²) >= 11 is 0. The second-order valence-electron chi connectivity index (χ2n) is 7.32. The Kier molecular flexibility index (Phi) is 5.03. The Labute approximate surface area is 183 Å². The van der Waals surface area contributed by atoms with Crippen LogP contribution >= 0.6 is 0 Å². The lowest BCUT2D eigenvalue weighted by Crippen LogP contribution is -2.32. The van der Waals surface area contributed by atoms with E-state index in [1.54, 1.807) is 59.5 Å². The fourth-order valence-electron chi connectivity index (χ4n) is 3.57. The molecule has 1 aliphatic rings. The van der Waals surface area contributed by atoms with Crippen LogP contribution in [0.4, 0.5) is 10.1 Å². The minimum Gasteiger partial charge on any atom is -0.491 e. The number of pyridine rings is 1. The molecule has 1 aliphatic heterocycles. The van der Waals surface area contributed by atoms with Crippen molar-refractivity contribution in [3.63, 3.8) is 0 Å². The highest BCUT2D eigenvalue weighted by Gasteiger charge is 2.25. The second-order valence-corrected chi connectivity index (χ2v) is 7.32. The predicted molar refractivity (Wildman–Crippen MR) is 117 cm³/mol. The third-order valence-electron chi connectivity index (χ3n) is 5.09. The molecule has 5 rings (SSSR count). The van der Waals surface area contributed by atoms with Crippen molar-refractivity contribution >= 4 is 11.6 Å². The first-order valence-electron chi connectivity index (χ1n) is 10.0. The second kappa shape index (κ2) is 8.14. The summed E-state index contributed by atoms with van der Waals surface area (Å²) in [5.74, 6) is 0.833. The molecule has 0 saturated carbocycles. The summed E-state index contributed by atoms with van der Waals surface area (Å²) in [6, 6.07) is 14.6. The van der Waals surface area contributed by atoms with Crippen LogP contribution in [0.15, 0.2) is 73.2 Å². The molecule has 2 aromatic carbocycles. The number of fused-ring (bicyclic) bond motifs is 1. The SMILES string of the molecule is Cn1cc(-c2cc(Oc3ccc4c(c3)C(=O)N(c3cccc(F)c3)CCO4)ccn2)cn1. The standard InChI is InChI=1S/C24H19FN4O3/c1-28-15-16(14-27-28)22-13-20(7-8-26-22)32-19-5-6-23-21(12-19)24(30)29(9-10-31-23)18-4-2-3-17(25)11-18/h2-8,11-15H,9-10H2,1H3. The number of benzene rings is 2. The first-order valence-corrected chi connectivity index (χ1v) is 10.0. The van der Waals surface area contributed by atoms with Crippen LogP contribution in [0.5, 0.6) is 17.2 Å². The number of carbonyl (C=O) groups excluding carboxylic acids is 1. The first kappa shape index (κ1) is 19.7. The zero-order valence-electron chi connectivity index (χ0n) is 17.2. The van der Waals surface area contributed by atoms with Crippen molar-refractivity contribution in [1.82, 2.24) is 14.8 Å². The summed E-state index contributed by atoms with van der Waals surface area (Å²) in [5.41, 5.74) is 2.43. The molecule has 0 N–H and O–H groups in total. The maximum atomic E-state index is 13.7. The molecule has 7 nitrogen and oxygen atoms in total. The zero-order valence-corrected chi connectivity index (χ0v) is 17.2. The number of ether oxygens (including phenoxy) is 2. The van der Waals surface area contributed by atoms with Gasteiger partial charge in [0.2, 0.25) is 0 Å². The fraction of sp³-hybridized carbons (Fsp3) is 0.125. The van der Waals surface area contributed by atoms with Crippen molar-refractivity contribution in [3.05, 3.63) is 84.6 Å². The smallest absolute Gasteiger partial charge is 0.262 e. The van der Waals surface area contributed by atoms with Gasteiger partial charge in [0.15, 0.2) is 0 Å². The number of aromatic nitrogens is 3. The average Bonchev–Trinajstić information content (AvgIpc) is 3.16. The van der Waals surface area contributed by atoms with E-state index in [-0.39, 0.29) is 5.91 Å². The van der Waals surface area contributed by atoms with Crippen LogP contribution in [0.25, 0.3) is 11.3 Å². The van der Waals surface area contributed by atoms with Crippen LogP contribution in [0.1, 0.15) is 10.4 Å². The van der Waals surface area contributed by atoms with Gasteiger partial charge in [-0.05, 0) is 42.5 Å². The number of hydrogen-bond acceptors (Lipinski definition) is 5. The molecule has 3 heterocycles. The molecule has 8 heteroatoms. The van der Waals surface area contributed by atoms with Crippen molar-refractivity contribution < 1.29 is 18.7 Å². The molecule has 4 aromatic rings. The summed E-state index contributed by atoms with van der Waals surface area (Å²) in [4.78, 5) is 19.1. The van der Waals surface area contributed by atoms with Gasteiger partial charge >= 0.3 is 0 Å². The predicted octanol–water partition coefficient (Wildman–Crippen LogP) is 4.45. The van der Waals surface area contributed by atoms with E-state index < -0.39 is 5.82 Å². The molecule has 0 bridgehead atoms. The lowest BCUT2D eigenvalue weighted by molar-refractivity contribution is 0.0989. The van der Waals surface area contributed by atoms with E-state index in [9.17, 15) is 9.18 Å². The molecule has 160 valence electrons. The van der Waals surface area contributed by atoms with Gasteiger partial charge in [0.1, 0.15) is 29.7 Å². The number of anilines is 1. The molecule has 0 radical (unpaired) electrons. The molecule has 0 spiro atoms. The van der Waals surface area contributed by atoms with E-state index in [0.29, 0.717) is 41.7 Å². The highest BCUT2D eigenvalue weighted by Crippen LogP contribution is 2.32. The Morgan fingerprint density at radius 2 is 1.97 bits per heavy atom. The van der Waals surface area contributed by atoms with Gasteiger partial charge in [0.25, 0.3) is 5.91 Å². The summed E-state index contributed by atoms with van der Waals surface area (Å²) < 4.78 is 27.2. The largest absolute Gasteiger partial charge is 0.491 e. The van der Waals surface area contributed by atoms with E-state index in [4.69, 9.17) is 9.47 Å². The molecule has 0 unspecified atom stereocenters. The van der Waals surface area contributed by atoms with Crippen LogP contribution in [0.2, 0.25) is 0 Å². The normalized spacial score (nSPS) is 13.3. The first-order chi connectivity index (χ1) is 15.6. The Bertz CT molecular complexity index is 1300. The van der Waals surface area contributed by atoms with Gasteiger partial charge < -0.3 is 14.4 Å². The van der Waals surface area contributed by atoms with Gasteiger partial charge in [-0.15, -0.1) is 0 Å². The van der Waals surface area contributed by atoms with Gasteiger partial charge in [-0.25, -0.2) is 4.39 Å². The number of rotatable bonds is 4. The third-order valence-corrected chi connectivity index (χ3v) is 5.09. The van der Waals surface area contributed by atoms with Crippen molar-refractivity contribution in [3.8, 4) is 28.5 Å². The number of halogens is 1. The maximum absolute atomic E-state index is 13.7. The Balaban J connectivity index is 1.44. The van der Waals surface area contributed by atoms with Crippen molar-refractivity contribution in [2.75, 3.05) is 18.1 Å². The van der Waals surface area contributed by atoms with Gasteiger partial charge in [-0.2, -0.15) is 5.10 Å². The Hall–Kier alpha value is -4.20. The fourth-order valence-corrected chi connectivity index (χ4v) is 3.57. The maximum Gasteiger partial charge on any atom is 0.262 e. The molecule has 0 atom stereocenters. The minimum atomic E-state index is -0.403. The number of carbonyl (C=O) groups is 1. The summed E-state index contributed by atoms with van der Waals surface area (Å²) in [7, 11) is 1.84. The number of hydrogen-bond donors (Lipinski definition) is 0. The van der Waals surface area contributed by atoms with E-state index in [1.807, 2.05) is 13.2 Å². The molecular formula is C24H19FN4O3. The summed E-state index contributed by atoms with van der Waals surface area (Å²) in [5, 5.41) is 4.17.